The molecule has 0 N–H and O–H groups in total. The average Bonchev–Trinajstić information content (AvgIpc) is 3.40. The number of rotatable bonds is 18. The van der Waals surface area contributed by atoms with Crippen molar-refractivity contribution >= 4 is 56.6 Å². The van der Waals surface area contributed by atoms with Gasteiger partial charge in [-0.1, -0.05) is 58.8 Å². The van der Waals surface area contributed by atoms with Gasteiger partial charge in [0.1, 0.15) is 6.61 Å². The monoisotopic (exact) mass is 710 g/mol. The Morgan fingerprint density at radius 1 is 1.00 bits per heavy atom. The first-order valence-corrected chi connectivity index (χ1v) is 19.7. The highest BCUT2D eigenvalue weighted by molar-refractivity contribution is 8.77. The fourth-order valence-electron chi connectivity index (χ4n) is 6.47. The molecule has 258 valence electrons. The number of benzene rings is 3. The quantitative estimate of drug-likeness (QED) is 0.0737. The van der Waals surface area contributed by atoms with Crippen molar-refractivity contribution in [2.75, 3.05) is 57.8 Å². The average molecular weight is 711 g/mol. The van der Waals surface area contributed by atoms with E-state index in [1.54, 1.807) is 24.0 Å². The topological polar surface area (TPSA) is 69.6 Å². The first-order chi connectivity index (χ1) is 23.3. The Labute approximate surface area is 298 Å². The smallest absolute Gasteiger partial charge is 0.173 e. The molecule has 3 aromatic carbocycles. The third-order valence-corrected chi connectivity index (χ3v) is 11.5. The van der Waals surface area contributed by atoms with Crippen LogP contribution in [0.2, 0.25) is 0 Å². The maximum Gasteiger partial charge on any atom is 0.173 e. The van der Waals surface area contributed by atoms with Gasteiger partial charge in [0.2, 0.25) is 0 Å². The second kappa shape index (κ2) is 17.3. The first-order valence-electron chi connectivity index (χ1n) is 16.6. The normalized spacial score (nSPS) is 16.7. The number of halogens is 1. The van der Waals surface area contributed by atoms with Crippen molar-refractivity contribution in [1.29, 1.82) is 0 Å². The van der Waals surface area contributed by atoms with Gasteiger partial charge in [-0.25, -0.2) is 0 Å². The van der Waals surface area contributed by atoms with Crippen molar-refractivity contribution in [2.24, 2.45) is 10.9 Å². The number of ether oxygens (including phenoxy) is 4. The Kier molecular flexibility index (Phi) is 13.2. The summed E-state index contributed by atoms with van der Waals surface area (Å²) >= 11 is 6.42. The Morgan fingerprint density at radius 2 is 1.77 bits per heavy atom. The number of carbonyl (C=O) groups excluding carboxylic acids is 1. The third-order valence-electron chi connectivity index (χ3n) is 8.57. The molecule has 2 atom stereocenters. The minimum Gasteiger partial charge on any atom is -0.493 e. The molecule has 1 unspecified atom stereocenters. The second-order valence-corrected chi connectivity index (χ2v) is 16.2. The lowest BCUT2D eigenvalue weighted by atomic mass is 9.86. The molecular formula is C38H47ClN2O5S2. The zero-order chi connectivity index (χ0) is 34.1. The lowest BCUT2D eigenvalue weighted by Crippen LogP contribution is -2.38. The van der Waals surface area contributed by atoms with Gasteiger partial charge >= 0.3 is 0 Å². The Hall–Kier alpha value is -2.69. The maximum atomic E-state index is 13.9. The predicted molar refractivity (Wildman–Crippen MR) is 202 cm³/mol. The van der Waals surface area contributed by atoms with Gasteiger partial charge in [0, 0.05) is 59.8 Å². The predicted octanol–water partition coefficient (Wildman–Crippen LogP) is 8.91. The van der Waals surface area contributed by atoms with Gasteiger partial charge < -0.3 is 23.8 Å². The number of ketones is 1. The molecule has 5 rings (SSSR count). The summed E-state index contributed by atoms with van der Waals surface area (Å²) < 4.78 is 23.7. The van der Waals surface area contributed by atoms with Crippen LogP contribution in [0.3, 0.4) is 0 Å². The standard InChI is InChI=1S/C38H47ClN2O5S2/c1-6-12-44-14-15-45-13-11-41(25-38(2,3)48-47-5)30-17-26(22-39)16-27(18-30)24-46-35-21-33-32(20-34(35)43-4)37(42)36-29(23-40-33)19-28-9-7-8-10-31(28)36/h7-10,16-18,20-21,23,29,36H,6,11-15,19,22,24-25H2,1-5H3/t29-,36?/m0/s1. The molecule has 0 bridgehead atoms. The highest BCUT2D eigenvalue weighted by Gasteiger charge is 2.39. The van der Waals surface area contributed by atoms with E-state index in [1.165, 1.54) is 5.56 Å². The van der Waals surface area contributed by atoms with Gasteiger partial charge in [-0.2, -0.15) is 0 Å². The van der Waals surface area contributed by atoms with E-state index in [0.717, 1.165) is 54.9 Å². The van der Waals surface area contributed by atoms with E-state index in [4.69, 9.17) is 35.5 Å². The molecule has 10 heteroatoms. The number of nitrogens with zero attached hydrogens (tertiary/aromatic N) is 2. The Balaban J connectivity index is 1.35. The van der Waals surface area contributed by atoms with E-state index in [2.05, 4.69) is 62.3 Å². The summed E-state index contributed by atoms with van der Waals surface area (Å²) in [6, 6.07) is 18.2. The largest absolute Gasteiger partial charge is 0.493 e. The minimum atomic E-state index is -0.235. The van der Waals surface area contributed by atoms with E-state index in [1.807, 2.05) is 35.2 Å². The number of aliphatic imine (C=N–C) groups is 1. The molecule has 2 aliphatic rings. The van der Waals surface area contributed by atoms with Crippen LogP contribution >= 0.6 is 33.2 Å². The number of anilines is 1. The van der Waals surface area contributed by atoms with Crippen molar-refractivity contribution in [3.05, 3.63) is 82.4 Å². The molecule has 0 spiro atoms. The summed E-state index contributed by atoms with van der Waals surface area (Å²) in [5.41, 5.74) is 6.56. The highest BCUT2D eigenvalue weighted by atomic mass is 35.5. The maximum absolute atomic E-state index is 13.9. The van der Waals surface area contributed by atoms with Crippen LogP contribution in [0.1, 0.15) is 65.7 Å². The Morgan fingerprint density at radius 3 is 2.52 bits per heavy atom. The van der Waals surface area contributed by atoms with Crippen LogP contribution < -0.4 is 14.4 Å². The molecule has 3 aromatic rings. The third kappa shape index (κ3) is 9.10. The zero-order valence-electron chi connectivity index (χ0n) is 28.6. The van der Waals surface area contributed by atoms with Crippen LogP contribution in [0.5, 0.6) is 11.5 Å². The van der Waals surface area contributed by atoms with Gasteiger partial charge in [0.05, 0.1) is 38.5 Å². The summed E-state index contributed by atoms with van der Waals surface area (Å²) in [5, 5.41) is 0. The number of hydrogen-bond donors (Lipinski definition) is 0. The lowest BCUT2D eigenvalue weighted by molar-refractivity contribution is 0.0505. The molecular weight excluding hydrogens is 664 g/mol. The summed E-state index contributed by atoms with van der Waals surface area (Å²) in [6.45, 7) is 11.0. The van der Waals surface area contributed by atoms with Crippen LogP contribution in [0.25, 0.3) is 0 Å². The van der Waals surface area contributed by atoms with Crippen LogP contribution in [-0.2, 0) is 28.4 Å². The highest BCUT2D eigenvalue weighted by Crippen LogP contribution is 2.45. The second-order valence-electron chi connectivity index (χ2n) is 12.8. The molecule has 1 aliphatic carbocycles. The van der Waals surface area contributed by atoms with E-state index in [9.17, 15) is 4.79 Å². The fourth-order valence-corrected chi connectivity index (χ4v) is 8.79. The van der Waals surface area contributed by atoms with Crippen LogP contribution in [-0.4, -0.2) is 69.6 Å². The van der Waals surface area contributed by atoms with Gasteiger partial charge in [0.25, 0.3) is 0 Å². The van der Waals surface area contributed by atoms with Crippen LogP contribution in [0.15, 0.2) is 59.6 Å². The van der Waals surface area contributed by atoms with E-state index in [0.29, 0.717) is 55.1 Å². The molecule has 0 saturated heterocycles. The van der Waals surface area contributed by atoms with Gasteiger partial charge in [-0.15, -0.1) is 11.6 Å². The lowest BCUT2D eigenvalue weighted by Gasteiger charge is -2.34. The van der Waals surface area contributed by atoms with Crippen molar-refractivity contribution in [3.8, 4) is 11.5 Å². The molecule has 0 radical (unpaired) electrons. The number of hydrogen-bond acceptors (Lipinski definition) is 9. The molecule has 0 aromatic heterocycles. The number of carbonyl (C=O) groups is 1. The van der Waals surface area contributed by atoms with Crippen molar-refractivity contribution in [1.82, 2.24) is 0 Å². The van der Waals surface area contributed by atoms with Gasteiger partial charge in [-0.3, -0.25) is 9.79 Å². The molecule has 7 nitrogen and oxygen atoms in total. The molecule has 1 aliphatic heterocycles. The summed E-state index contributed by atoms with van der Waals surface area (Å²) in [5.74, 6) is 1.31. The number of fused-ring (bicyclic) bond motifs is 4. The summed E-state index contributed by atoms with van der Waals surface area (Å²) in [6.07, 6.45) is 5.87. The SMILES string of the molecule is CCCOCCOCCN(CC(C)(C)SSC)c1cc(CCl)cc(COc2cc3c(cc2OC)C(=O)C2c4ccccc4C[C@H]2C=N3)c1. The van der Waals surface area contributed by atoms with Crippen molar-refractivity contribution in [2.45, 2.75) is 56.8 Å². The Bertz CT molecular complexity index is 1580. The van der Waals surface area contributed by atoms with Gasteiger partial charge in [-0.05, 0) is 73.4 Å². The number of methoxy groups -OCH3 is 1. The summed E-state index contributed by atoms with van der Waals surface area (Å²) in [4.78, 5) is 21.1. The zero-order valence-corrected chi connectivity index (χ0v) is 31.0. The van der Waals surface area contributed by atoms with Crippen molar-refractivity contribution < 1.29 is 23.7 Å². The van der Waals surface area contributed by atoms with E-state index >= 15 is 0 Å². The first kappa shape index (κ1) is 36.6. The summed E-state index contributed by atoms with van der Waals surface area (Å²) in [7, 11) is 5.24. The van der Waals surface area contributed by atoms with Crippen LogP contribution in [0.4, 0.5) is 11.4 Å². The molecule has 0 amide bonds. The minimum absolute atomic E-state index is 0.00498. The van der Waals surface area contributed by atoms with Crippen molar-refractivity contribution in [3.63, 3.8) is 0 Å². The molecule has 0 fully saturated rings. The van der Waals surface area contributed by atoms with E-state index < -0.39 is 0 Å². The molecule has 0 saturated carbocycles. The number of Topliss-reactive ketones (excluding diaryl/α,β-unsaturated/α-hetero) is 1. The van der Waals surface area contributed by atoms with E-state index in [-0.39, 0.29) is 22.4 Å². The molecule has 48 heavy (non-hydrogen) atoms. The van der Waals surface area contributed by atoms with Gasteiger partial charge in [0.15, 0.2) is 17.3 Å². The molecule has 1 heterocycles. The van der Waals surface area contributed by atoms with Crippen LogP contribution in [0, 0.1) is 5.92 Å². The number of alkyl halides is 1. The fraction of sp³-hybridized carbons (Fsp3) is 0.474.